The minimum absolute atomic E-state index is 0.224. The van der Waals surface area contributed by atoms with Crippen LogP contribution in [0.25, 0.3) is 66.3 Å². The summed E-state index contributed by atoms with van der Waals surface area (Å²) in [6.07, 6.45) is 0. The normalized spacial score (nSPS) is 13.2. The summed E-state index contributed by atoms with van der Waals surface area (Å²) in [6.45, 7) is 4.73. The Labute approximate surface area is 275 Å². The van der Waals surface area contributed by atoms with Gasteiger partial charge in [-0.3, -0.25) is 0 Å². The van der Waals surface area contributed by atoms with Crippen LogP contribution in [0.1, 0.15) is 25.0 Å². The van der Waals surface area contributed by atoms with E-state index in [4.69, 9.17) is 0 Å². The Morgan fingerprint density at radius 3 is 1.83 bits per heavy atom. The lowest BCUT2D eigenvalue weighted by molar-refractivity contribution is 0.640. The molecule has 0 amide bonds. The molecule has 0 atom stereocenters. The van der Waals surface area contributed by atoms with Crippen molar-refractivity contribution >= 4 is 33.2 Å². The topological polar surface area (TPSA) is 27.8 Å². The van der Waals surface area contributed by atoms with Crippen LogP contribution >= 0.6 is 0 Å². The van der Waals surface area contributed by atoms with Crippen LogP contribution in [-0.4, -0.2) is 4.98 Å². The lowest BCUT2D eigenvalue weighted by Crippen LogP contribution is -2.26. The molecule has 9 rings (SSSR count). The number of H-pyrrole nitrogens is 1. The Bertz CT molecular complexity index is 2460. The van der Waals surface area contributed by atoms with Crippen molar-refractivity contribution in [3.63, 3.8) is 0 Å². The quantitative estimate of drug-likeness (QED) is 0.206. The third-order valence-corrected chi connectivity index (χ3v) is 10.0. The summed E-state index contributed by atoms with van der Waals surface area (Å²) < 4.78 is 0. The van der Waals surface area contributed by atoms with Crippen LogP contribution in [-0.2, 0) is 5.41 Å². The number of nitrogens with one attached hydrogen (secondary N) is 2. The summed E-state index contributed by atoms with van der Waals surface area (Å²) in [6, 6.07) is 57.2. The zero-order valence-electron chi connectivity index (χ0n) is 26.5. The van der Waals surface area contributed by atoms with Crippen LogP contribution in [0.4, 0.5) is 11.4 Å². The molecule has 0 spiro atoms. The lowest BCUT2D eigenvalue weighted by atomic mass is 9.71. The molecule has 0 fully saturated rings. The highest BCUT2D eigenvalue weighted by atomic mass is 14.9. The molecule has 1 aliphatic heterocycles. The van der Waals surface area contributed by atoms with Crippen molar-refractivity contribution in [3.05, 3.63) is 169 Å². The van der Waals surface area contributed by atoms with Gasteiger partial charge >= 0.3 is 0 Å². The Kier molecular flexibility index (Phi) is 6.20. The molecule has 0 saturated heterocycles. The fourth-order valence-electron chi connectivity index (χ4n) is 7.92. The standard InChI is InChI=1S/C45H34N2/c1-45(2)38-23-11-13-25-40(38)46-41-26-14-22-37(43(41)45)42-35(27-28-36-34-21-10-12-24-39(34)47-44(36)42)33-20-9-8-19-32(33)31-18-7-6-17-30(31)29-15-4-3-5-16-29/h3-28,46-47H,1-2H3. The smallest absolute Gasteiger partial charge is 0.0550 e. The van der Waals surface area contributed by atoms with Gasteiger partial charge in [-0.1, -0.05) is 153 Å². The summed E-state index contributed by atoms with van der Waals surface area (Å²) in [4.78, 5) is 3.88. The van der Waals surface area contributed by atoms with E-state index >= 15 is 0 Å². The first kappa shape index (κ1) is 27.5. The van der Waals surface area contributed by atoms with Crippen LogP contribution in [0.3, 0.4) is 0 Å². The number of benzene rings is 7. The van der Waals surface area contributed by atoms with E-state index in [0.29, 0.717) is 0 Å². The van der Waals surface area contributed by atoms with Crippen molar-refractivity contribution in [3.8, 4) is 44.5 Å². The van der Waals surface area contributed by atoms with E-state index in [2.05, 4.69) is 182 Å². The summed E-state index contributed by atoms with van der Waals surface area (Å²) in [5, 5.41) is 6.27. The van der Waals surface area contributed by atoms with Gasteiger partial charge in [0.15, 0.2) is 0 Å². The third-order valence-electron chi connectivity index (χ3n) is 10.0. The maximum Gasteiger partial charge on any atom is 0.0550 e. The number of anilines is 2. The summed E-state index contributed by atoms with van der Waals surface area (Å²) >= 11 is 0. The molecule has 2 nitrogen and oxygen atoms in total. The van der Waals surface area contributed by atoms with E-state index in [9.17, 15) is 0 Å². The first-order valence-electron chi connectivity index (χ1n) is 16.4. The molecule has 1 aromatic heterocycles. The minimum atomic E-state index is -0.224. The SMILES string of the molecule is CC1(C)c2ccccc2Nc2cccc(-c3c(-c4ccccc4-c4ccccc4-c4ccccc4)ccc4c3[nH]c3ccccc34)c21. The summed E-state index contributed by atoms with van der Waals surface area (Å²) in [7, 11) is 0. The van der Waals surface area contributed by atoms with E-state index in [1.807, 2.05) is 0 Å². The number of aromatic amines is 1. The van der Waals surface area contributed by atoms with Gasteiger partial charge in [-0.15, -0.1) is 0 Å². The molecule has 7 aromatic carbocycles. The van der Waals surface area contributed by atoms with E-state index in [-0.39, 0.29) is 5.41 Å². The second kappa shape index (κ2) is 10.6. The summed E-state index contributed by atoms with van der Waals surface area (Å²) in [5.41, 5.74) is 16.8. The van der Waals surface area contributed by atoms with Gasteiger partial charge in [-0.2, -0.15) is 0 Å². The molecule has 8 aromatic rings. The van der Waals surface area contributed by atoms with Gasteiger partial charge in [0.25, 0.3) is 0 Å². The second-order valence-corrected chi connectivity index (χ2v) is 13.1. The molecule has 47 heavy (non-hydrogen) atoms. The fourth-order valence-corrected chi connectivity index (χ4v) is 7.92. The molecule has 2 N–H and O–H groups in total. The van der Waals surface area contributed by atoms with Gasteiger partial charge in [0, 0.05) is 38.6 Å². The maximum atomic E-state index is 3.88. The molecule has 0 radical (unpaired) electrons. The van der Waals surface area contributed by atoms with E-state index in [1.54, 1.807) is 0 Å². The van der Waals surface area contributed by atoms with Crippen molar-refractivity contribution in [1.29, 1.82) is 0 Å². The Morgan fingerprint density at radius 1 is 0.426 bits per heavy atom. The molecule has 2 heterocycles. The van der Waals surface area contributed by atoms with Crippen LogP contribution in [0.2, 0.25) is 0 Å². The Morgan fingerprint density at radius 2 is 1.02 bits per heavy atom. The number of hydrogen-bond acceptors (Lipinski definition) is 1. The maximum absolute atomic E-state index is 3.88. The van der Waals surface area contributed by atoms with Gasteiger partial charge < -0.3 is 10.3 Å². The van der Waals surface area contributed by atoms with Crippen molar-refractivity contribution in [2.45, 2.75) is 19.3 Å². The first-order valence-corrected chi connectivity index (χ1v) is 16.4. The molecule has 0 aliphatic carbocycles. The monoisotopic (exact) mass is 602 g/mol. The predicted molar refractivity (Wildman–Crippen MR) is 199 cm³/mol. The van der Waals surface area contributed by atoms with Crippen molar-refractivity contribution in [2.75, 3.05) is 5.32 Å². The van der Waals surface area contributed by atoms with Crippen molar-refractivity contribution in [1.82, 2.24) is 4.98 Å². The molecular weight excluding hydrogens is 569 g/mol. The van der Waals surface area contributed by atoms with Crippen molar-refractivity contribution < 1.29 is 0 Å². The zero-order chi connectivity index (χ0) is 31.5. The Hall–Kier alpha value is -5.86. The van der Waals surface area contributed by atoms with Crippen LogP contribution in [0, 0.1) is 0 Å². The van der Waals surface area contributed by atoms with Crippen LogP contribution < -0.4 is 5.32 Å². The van der Waals surface area contributed by atoms with Gasteiger partial charge in [0.1, 0.15) is 0 Å². The molecule has 2 heteroatoms. The highest BCUT2D eigenvalue weighted by molar-refractivity contribution is 6.16. The molecular formula is C45H34N2. The molecule has 0 saturated carbocycles. The van der Waals surface area contributed by atoms with Crippen molar-refractivity contribution in [2.24, 2.45) is 0 Å². The predicted octanol–water partition coefficient (Wildman–Crippen LogP) is 12.4. The van der Waals surface area contributed by atoms with Crippen LogP contribution in [0.15, 0.2) is 158 Å². The number of aromatic nitrogens is 1. The summed E-state index contributed by atoms with van der Waals surface area (Å²) in [5.74, 6) is 0. The molecule has 224 valence electrons. The van der Waals surface area contributed by atoms with E-state index in [0.717, 1.165) is 16.7 Å². The Balaban J connectivity index is 1.37. The number of hydrogen-bond donors (Lipinski definition) is 2. The minimum Gasteiger partial charge on any atom is -0.355 e. The molecule has 0 bridgehead atoms. The molecule has 1 aliphatic rings. The first-order chi connectivity index (χ1) is 23.1. The number of para-hydroxylation sites is 2. The highest BCUT2D eigenvalue weighted by Crippen LogP contribution is 2.52. The number of rotatable bonds is 4. The number of fused-ring (bicyclic) bond motifs is 5. The van der Waals surface area contributed by atoms with Crippen LogP contribution in [0.5, 0.6) is 0 Å². The second-order valence-electron chi connectivity index (χ2n) is 13.1. The van der Waals surface area contributed by atoms with E-state index in [1.165, 1.54) is 72.1 Å². The largest absolute Gasteiger partial charge is 0.355 e. The zero-order valence-corrected chi connectivity index (χ0v) is 26.5. The fraction of sp³-hybridized carbons (Fsp3) is 0.0667. The highest BCUT2D eigenvalue weighted by Gasteiger charge is 2.36. The molecule has 0 unspecified atom stereocenters. The average molecular weight is 603 g/mol. The average Bonchev–Trinajstić information content (AvgIpc) is 3.50. The third kappa shape index (κ3) is 4.26. The van der Waals surface area contributed by atoms with E-state index < -0.39 is 0 Å². The lowest BCUT2D eigenvalue weighted by Gasteiger charge is -2.37. The van der Waals surface area contributed by atoms with Gasteiger partial charge in [0.05, 0.1) is 5.52 Å². The van der Waals surface area contributed by atoms with Gasteiger partial charge in [0.2, 0.25) is 0 Å². The van der Waals surface area contributed by atoms with Gasteiger partial charge in [-0.05, 0) is 68.3 Å². The van der Waals surface area contributed by atoms with Gasteiger partial charge in [-0.25, -0.2) is 0 Å².